The highest BCUT2D eigenvalue weighted by atomic mass is 32.1. The third-order valence-corrected chi connectivity index (χ3v) is 2.45. The minimum Gasteiger partial charge on any atom is -0.378 e. The summed E-state index contributed by atoms with van der Waals surface area (Å²) in [7, 11) is 1.65. The Kier molecular flexibility index (Phi) is 3.95. The molecule has 0 aliphatic carbocycles. The lowest BCUT2D eigenvalue weighted by Gasteiger charge is -2.05. The van der Waals surface area contributed by atoms with Gasteiger partial charge >= 0.3 is 0 Å². The number of methoxy groups -OCH3 is 1. The van der Waals surface area contributed by atoms with Crippen molar-refractivity contribution in [3.8, 4) is 0 Å². The number of aromatic amines is 1. The van der Waals surface area contributed by atoms with Gasteiger partial charge in [-0.05, 0) is 17.7 Å². The molecule has 0 radical (unpaired) electrons. The Morgan fingerprint density at radius 3 is 3.06 bits per heavy atom. The van der Waals surface area contributed by atoms with Gasteiger partial charge in [0.15, 0.2) is 0 Å². The number of nitrogens with one attached hydrogen (secondary N) is 1. The molecule has 0 unspecified atom stereocenters. The molecule has 17 heavy (non-hydrogen) atoms. The Balaban J connectivity index is 2.24. The van der Waals surface area contributed by atoms with E-state index in [1.54, 1.807) is 13.3 Å². The van der Waals surface area contributed by atoms with Crippen molar-refractivity contribution in [2.75, 3.05) is 7.11 Å². The van der Waals surface area contributed by atoms with E-state index in [4.69, 9.17) is 17.0 Å². The molecule has 2 heterocycles. The van der Waals surface area contributed by atoms with Crippen molar-refractivity contribution in [2.45, 2.75) is 13.0 Å². The normalized spacial score (nSPS) is 10.4. The molecule has 2 aromatic rings. The quantitative estimate of drug-likeness (QED) is 0.842. The molecule has 5 heteroatoms. The van der Waals surface area contributed by atoms with Gasteiger partial charge in [0, 0.05) is 31.6 Å². The van der Waals surface area contributed by atoms with Crippen LogP contribution in [-0.2, 0) is 17.8 Å². The minimum atomic E-state index is 0.506. The van der Waals surface area contributed by atoms with E-state index in [-0.39, 0.29) is 0 Å². The van der Waals surface area contributed by atoms with E-state index in [0.717, 1.165) is 17.1 Å². The van der Waals surface area contributed by atoms with Crippen molar-refractivity contribution in [3.05, 3.63) is 52.3 Å². The zero-order valence-corrected chi connectivity index (χ0v) is 10.3. The molecule has 0 aliphatic rings. The molecule has 0 aromatic carbocycles. The number of H-pyrrole nitrogens is 1. The molecule has 1 N–H and O–H groups in total. The Labute approximate surface area is 105 Å². The fourth-order valence-electron chi connectivity index (χ4n) is 1.58. The van der Waals surface area contributed by atoms with Crippen molar-refractivity contribution in [2.24, 2.45) is 0 Å². The van der Waals surface area contributed by atoms with Crippen molar-refractivity contribution in [1.82, 2.24) is 15.0 Å². The topological polar surface area (TPSA) is 50.8 Å². The Morgan fingerprint density at radius 1 is 1.47 bits per heavy atom. The van der Waals surface area contributed by atoms with Crippen LogP contribution in [0.15, 0.2) is 30.6 Å². The lowest BCUT2D eigenvalue weighted by molar-refractivity contribution is 0.181. The number of hydrogen-bond donors (Lipinski definition) is 1. The third-order valence-electron chi connectivity index (χ3n) is 2.24. The van der Waals surface area contributed by atoms with Gasteiger partial charge in [-0.2, -0.15) is 0 Å². The van der Waals surface area contributed by atoms with Gasteiger partial charge in [-0.1, -0.05) is 18.3 Å². The maximum absolute atomic E-state index is 5.12. The van der Waals surface area contributed by atoms with Crippen LogP contribution in [0.4, 0.5) is 0 Å². The highest BCUT2D eigenvalue weighted by molar-refractivity contribution is 7.71. The average Bonchev–Trinajstić information content (AvgIpc) is 2.30. The Hall–Kier alpha value is -1.59. The Morgan fingerprint density at radius 2 is 2.35 bits per heavy atom. The van der Waals surface area contributed by atoms with Crippen molar-refractivity contribution in [3.63, 3.8) is 0 Å². The number of rotatable bonds is 4. The van der Waals surface area contributed by atoms with E-state index in [2.05, 4.69) is 15.0 Å². The minimum absolute atomic E-state index is 0.506. The zero-order chi connectivity index (χ0) is 12.1. The standard InChI is InChI=1S/C12H13N3OS/c1-16-8-10-6-12(17)15-11(14-10)5-9-3-2-4-13-7-9/h2-4,6-7H,5,8H2,1H3,(H,14,15,17). The van der Waals surface area contributed by atoms with Gasteiger partial charge in [-0.3, -0.25) is 4.98 Å². The smallest absolute Gasteiger partial charge is 0.130 e. The number of ether oxygens (including phenoxy) is 1. The van der Waals surface area contributed by atoms with E-state index in [0.29, 0.717) is 17.7 Å². The van der Waals surface area contributed by atoms with Crippen molar-refractivity contribution < 1.29 is 4.74 Å². The van der Waals surface area contributed by atoms with Gasteiger partial charge in [0.1, 0.15) is 10.5 Å². The molecule has 0 saturated carbocycles. The summed E-state index contributed by atoms with van der Waals surface area (Å²) in [5, 5.41) is 0. The summed E-state index contributed by atoms with van der Waals surface area (Å²) in [5.41, 5.74) is 2.03. The molecule has 0 saturated heterocycles. The molecule has 0 fully saturated rings. The maximum Gasteiger partial charge on any atom is 0.130 e. The third kappa shape index (κ3) is 3.44. The summed E-state index contributed by atoms with van der Waals surface area (Å²) in [5.74, 6) is 0.831. The number of aromatic nitrogens is 3. The molecule has 0 amide bonds. The van der Waals surface area contributed by atoms with Crippen LogP contribution in [0, 0.1) is 4.64 Å². The second-order valence-corrected chi connectivity index (χ2v) is 4.08. The molecule has 88 valence electrons. The van der Waals surface area contributed by atoms with Gasteiger partial charge < -0.3 is 9.72 Å². The van der Waals surface area contributed by atoms with Crippen molar-refractivity contribution >= 4 is 12.2 Å². The van der Waals surface area contributed by atoms with Crippen LogP contribution in [0.1, 0.15) is 17.1 Å². The molecule has 0 spiro atoms. The first-order chi connectivity index (χ1) is 8.28. The summed E-state index contributed by atoms with van der Waals surface area (Å²) < 4.78 is 5.65. The molecule has 0 bridgehead atoms. The second-order valence-electron chi connectivity index (χ2n) is 3.66. The van der Waals surface area contributed by atoms with Gasteiger partial charge in [-0.25, -0.2) is 4.98 Å². The van der Waals surface area contributed by atoms with E-state index >= 15 is 0 Å². The van der Waals surface area contributed by atoms with E-state index in [9.17, 15) is 0 Å². The van der Waals surface area contributed by atoms with E-state index in [1.807, 2.05) is 24.4 Å². The summed E-state index contributed by atoms with van der Waals surface area (Å²) in [6.45, 7) is 0.506. The van der Waals surface area contributed by atoms with Gasteiger partial charge in [-0.15, -0.1) is 0 Å². The zero-order valence-electron chi connectivity index (χ0n) is 9.51. The van der Waals surface area contributed by atoms with Crippen LogP contribution >= 0.6 is 12.2 Å². The lowest BCUT2D eigenvalue weighted by atomic mass is 10.2. The molecular formula is C12H13N3OS. The first kappa shape index (κ1) is 11.9. The summed E-state index contributed by atoms with van der Waals surface area (Å²) in [4.78, 5) is 11.6. The van der Waals surface area contributed by atoms with Crippen LogP contribution in [0.2, 0.25) is 0 Å². The van der Waals surface area contributed by atoms with Crippen LogP contribution < -0.4 is 0 Å². The SMILES string of the molecule is COCc1cc(=S)nc(Cc2cccnc2)[nH]1. The van der Waals surface area contributed by atoms with Crippen LogP contribution in [0.25, 0.3) is 0 Å². The largest absolute Gasteiger partial charge is 0.378 e. The number of nitrogens with zero attached hydrogens (tertiary/aromatic N) is 2. The molecule has 0 aliphatic heterocycles. The molecule has 2 aromatic heterocycles. The second kappa shape index (κ2) is 5.65. The predicted molar refractivity (Wildman–Crippen MR) is 67.2 cm³/mol. The number of hydrogen-bond acceptors (Lipinski definition) is 4. The van der Waals surface area contributed by atoms with E-state index in [1.165, 1.54) is 0 Å². The fraction of sp³-hybridized carbons (Fsp3) is 0.250. The molecule has 4 nitrogen and oxygen atoms in total. The van der Waals surface area contributed by atoms with Gasteiger partial charge in [0.25, 0.3) is 0 Å². The molecular weight excluding hydrogens is 234 g/mol. The van der Waals surface area contributed by atoms with Crippen LogP contribution in [0.3, 0.4) is 0 Å². The Bertz CT molecular complexity index is 539. The monoisotopic (exact) mass is 247 g/mol. The fourth-order valence-corrected chi connectivity index (χ4v) is 1.83. The lowest BCUT2D eigenvalue weighted by Crippen LogP contribution is -2.02. The summed E-state index contributed by atoms with van der Waals surface area (Å²) in [6.07, 6.45) is 4.26. The first-order valence-corrected chi connectivity index (χ1v) is 5.65. The highest BCUT2D eigenvalue weighted by Gasteiger charge is 2.01. The highest BCUT2D eigenvalue weighted by Crippen LogP contribution is 2.05. The number of pyridine rings is 1. The van der Waals surface area contributed by atoms with Crippen LogP contribution in [0.5, 0.6) is 0 Å². The predicted octanol–water partition coefficient (Wildman–Crippen LogP) is 2.27. The van der Waals surface area contributed by atoms with Crippen molar-refractivity contribution in [1.29, 1.82) is 0 Å². The van der Waals surface area contributed by atoms with Crippen LogP contribution in [-0.4, -0.2) is 22.1 Å². The average molecular weight is 247 g/mol. The maximum atomic E-state index is 5.12. The summed E-state index contributed by atoms with van der Waals surface area (Å²) in [6, 6.07) is 5.73. The van der Waals surface area contributed by atoms with E-state index < -0.39 is 0 Å². The first-order valence-electron chi connectivity index (χ1n) is 5.25. The molecule has 0 atom stereocenters. The van der Waals surface area contributed by atoms with Gasteiger partial charge in [0.05, 0.1) is 6.61 Å². The summed E-state index contributed by atoms with van der Waals surface area (Å²) >= 11 is 5.12. The van der Waals surface area contributed by atoms with Gasteiger partial charge in [0.2, 0.25) is 0 Å². The molecule has 2 rings (SSSR count).